The summed E-state index contributed by atoms with van der Waals surface area (Å²) in [4.78, 5) is 4.95. The summed E-state index contributed by atoms with van der Waals surface area (Å²) in [6.07, 6.45) is 9.90. The molecule has 0 saturated carbocycles. The van der Waals surface area contributed by atoms with Crippen molar-refractivity contribution < 1.29 is 0 Å². The second-order valence-electron chi connectivity index (χ2n) is 6.91. The number of hydrogen-bond donors (Lipinski definition) is 0. The van der Waals surface area contributed by atoms with E-state index in [9.17, 15) is 0 Å². The number of hydrogen-bond acceptors (Lipinski definition) is 2. The zero-order chi connectivity index (χ0) is 16.2. The zero-order valence-electron chi connectivity index (χ0n) is 14.9. The normalized spacial score (nSPS) is 14.7. The van der Waals surface area contributed by atoms with Gasteiger partial charge in [0.15, 0.2) is 0 Å². The summed E-state index contributed by atoms with van der Waals surface area (Å²) in [7, 11) is 4.51. The maximum atomic E-state index is 2.47. The van der Waals surface area contributed by atoms with Gasteiger partial charge in [0.2, 0.25) is 0 Å². The second-order valence-corrected chi connectivity index (χ2v) is 6.91. The molecule has 0 radical (unpaired) electrons. The van der Waals surface area contributed by atoms with Crippen LogP contribution in [0.4, 0.5) is 11.4 Å². The fourth-order valence-electron chi connectivity index (χ4n) is 3.97. The van der Waals surface area contributed by atoms with Crippen LogP contribution in [0, 0.1) is 0 Å². The maximum absolute atomic E-state index is 2.47. The summed E-state index contributed by atoms with van der Waals surface area (Å²) in [5.74, 6) is 0. The SMILES string of the molecule is CCCCCCCCC1N(C)c2cccc3cccc(c23)N1C. The largest absolute Gasteiger partial charge is 0.354 e. The molecule has 0 amide bonds. The molecular weight excluding hydrogens is 280 g/mol. The Kier molecular flexibility index (Phi) is 5.09. The van der Waals surface area contributed by atoms with Gasteiger partial charge < -0.3 is 9.80 Å². The summed E-state index contributed by atoms with van der Waals surface area (Å²) < 4.78 is 0. The molecular formula is C21H30N2. The lowest BCUT2D eigenvalue weighted by Gasteiger charge is -2.43. The van der Waals surface area contributed by atoms with Crippen molar-refractivity contribution in [3.63, 3.8) is 0 Å². The van der Waals surface area contributed by atoms with Gasteiger partial charge in [-0.25, -0.2) is 0 Å². The summed E-state index contributed by atoms with van der Waals surface area (Å²) in [5, 5.41) is 2.75. The van der Waals surface area contributed by atoms with Crippen LogP contribution in [0.25, 0.3) is 10.8 Å². The zero-order valence-corrected chi connectivity index (χ0v) is 14.9. The molecule has 0 atom stereocenters. The van der Waals surface area contributed by atoms with Crippen LogP contribution in [0.3, 0.4) is 0 Å². The Balaban J connectivity index is 1.72. The lowest BCUT2D eigenvalue weighted by molar-refractivity contribution is 0.511. The predicted octanol–water partition coefficient (Wildman–Crippen LogP) is 5.80. The van der Waals surface area contributed by atoms with E-state index in [1.165, 1.54) is 67.1 Å². The smallest absolute Gasteiger partial charge is 0.101 e. The van der Waals surface area contributed by atoms with E-state index >= 15 is 0 Å². The first kappa shape index (κ1) is 16.2. The Morgan fingerprint density at radius 2 is 1.35 bits per heavy atom. The molecule has 124 valence electrons. The van der Waals surface area contributed by atoms with Gasteiger partial charge in [-0.05, 0) is 30.4 Å². The van der Waals surface area contributed by atoms with Gasteiger partial charge in [0.05, 0.1) is 0 Å². The Morgan fingerprint density at radius 1 is 0.783 bits per heavy atom. The number of unbranched alkanes of at least 4 members (excludes halogenated alkanes) is 5. The first-order chi connectivity index (χ1) is 11.2. The van der Waals surface area contributed by atoms with Crippen LogP contribution in [-0.4, -0.2) is 20.3 Å². The lowest BCUT2D eigenvalue weighted by atomic mass is 10.00. The summed E-state index contributed by atoms with van der Waals surface area (Å²) in [6, 6.07) is 13.4. The predicted molar refractivity (Wildman–Crippen MR) is 103 cm³/mol. The quantitative estimate of drug-likeness (QED) is 0.596. The fourth-order valence-corrected chi connectivity index (χ4v) is 3.97. The number of benzene rings is 2. The van der Waals surface area contributed by atoms with Crippen molar-refractivity contribution in [2.75, 3.05) is 23.9 Å². The Hall–Kier alpha value is -1.70. The Labute approximate surface area is 141 Å². The lowest BCUT2D eigenvalue weighted by Crippen LogP contribution is -2.47. The number of anilines is 2. The molecule has 0 fully saturated rings. The van der Waals surface area contributed by atoms with E-state index in [1.807, 2.05) is 0 Å². The maximum Gasteiger partial charge on any atom is 0.101 e. The Morgan fingerprint density at radius 3 is 1.96 bits per heavy atom. The average molecular weight is 310 g/mol. The minimum atomic E-state index is 0.474. The molecule has 0 aliphatic carbocycles. The van der Waals surface area contributed by atoms with Crippen LogP contribution in [-0.2, 0) is 0 Å². The molecule has 0 unspecified atom stereocenters. The number of nitrogens with zero attached hydrogens (tertiary/aromatic N) is 2. The van der Waals surface area contributed by atoms with Crippen molar-refractivity contribution in [3.8, 4) is 0 Å². The Bertz CT molecular complexity index is 605. The van der Waals surface area contributed by atoms with E-state index in [0.29, 0.717) is 6.17 Å². The van der Waals surface area contributed by atoms with Crippen molar-refractivity contribution in [1.82, 2.24) is 0 Å². The van der Waals surface area contributed by atoms with Crippen LogP contribution < -0.4 is 9.80 Å². The minimum absolute atomic E-state index is 0.474. The molecule has 1 heterocycles. The molecule has 1 aliphatic heterocycles. The highest BCUT2D eigenvalue weighted by atomic mass is 15.4. The molecule has 0 bridgehead atoms. The van der Waals surface area contributed by atoms with E-state index in [-0.39, 0.29) is 0 Å². The van der Waals surface area contributed by atoms with Gasteiger partial charge in [-0.3, -0.25) is 0 Å². The van der Waals surface area contributed by atoms with E-state index in [4.69, 9.17) is 0 Å². The molecule has 1 aliphatic rings. The van der Waals surface area contributed by atoms with Gasteiger partial charge >= 0.3 is 0 Å². The highest BCUT2D eigenvalue weighted by Gasteiger charge is 2.28. The summed E-state index contributed by atoms with van der Waals surface area (Å²) in [5.41, 5.74) is 2.76. The first-order valence-corrected chi connectivity index (χ1v) is 9.21. The molecule has 0 spiro atoms. The van der Waals surface area contributed by atoms with E-state index in [2.05, 4.69) is 67.2 Å². The van der Waals surface area contributed by atoms with E-state index in [1.54, 1.807) is 0 Å². The third kappa shape index (κ3) is 3.17. The molecule has 23 heavy (non-hydrogen) atoms. The average Bonchev–Trinajstić information content (AvgIpc) is 2.58. The molecule has 0 saturated heterocycles. The van der Waals surface area contributed by atoms with Crippen molar-refractivity contribution in [3.05, 3.63) is 36.4 Å². The third-order valence-electron chi connectivity index (χ3n) is 5.33. The molecule has 3 rings (SSSR count). The highest BCUT2D eigenvalue weighted by Crippen LogP contribution is 2.41. The molecule has 0 aromatic heterocycles. The standard InChI is InChI=1S/C21H30N2/c1-4-5-6-7-8-9-16-20-22(2)18-14-10-12-17-13-11-15-19(21(17)18)23(20)3/h10-15,20H,4-9,16H2,1-3H3. The molecule has 2 aromatic carbocycles. The van der Waals surface area contributed by atoms with Gasteiger partial charge in [0.25, 0.3) is 0 Å². The molecule has 2 aromatic rings. The van der Waals surface area contributed by atoms with Crippen LogP contribution in [0.1, 0.15) is 51.9 Å². The second kappa shape index (κ2) is 7.25. The van der Waals surface area contributed by atoms with Crippen molar-refractivity contribution in [1.29, 1.82) is 0 Å². The molecule has 2 nitrogen and oxygen atoms in total. The van der Waals surface area contributed by atoms with Crippen LogP contribution in [0.15, 0.2) is 36.4 Å². The molecule has 0 N–H and O–H groups in total. The first-order valence-electron chi connectivity index (χ1n) is 9.21. The van der Waals surface area contributed by atoms with E-state index < -0.39 is 0 Å². The summed E-state index contributed by atoms with van der Waals surface area (Å²) in [6.45, 7) is 2.28. The van der Waals surface area contributed by atoms with Gasteiger partial charge in [-0.15, -0.1) is 0 Å². The third-order valence-corrected chi connectivity index (χ3v) is 5.33. The van der Waals surface area contributed by atoms with Crippen LogP contribution >= 0.6 is 0 Å². The van der Waals surface area contributed by atoms with Gasteiger partial charge in [-0.1, -0.05) is 63.3 Å². The monoisotopic (exact) mass is 310 g/mol. The minimum Gasteiger partial charge on any atom is -0.354 e. The van der Waals surface area contributed by atoms with Crippen molar-refractivity contribution in [2.45, 2.75) is 58.0 Å². The van der Waals surface area contributed by atoms with Crippen molar-refractivity contribution >= 4 is 22.1 Å². The van der Waals surface area contributed by atoms with Gasteiger partial charge in [-0.2, -0.15) is 0 Å². The van der Waals surface area contributed by atoms with Gasteiger partial charge in [0.1, 0.15) is 6.17 Å². The number of rotatable bonds is 7. The fraction of sp³-hybridized carbons (Fsp3) is 0.524. The topological polar surface area (TPSA) is 6.48 Å². The van der Waals surface area contributed by atoms with Gasteiger partial charge in [0, 0.05) is 30.9 Å². The van der Waals surface area contributed by atoms with Crippen LogP contribution in [0.5, 0.6) is 0 Å². The van der Waals surface area contributed by atoms with E-state index in [0.717, 1.165) is 0 Å². The summed E-state index contributed by atoms with van der Waals surface area (Å²) >= 11 is 0. The van der Waals surface area contributed by atoms with Crippen LogP contribution in [0.2, 0.25) is 0 Å². The highest BCUT2D eigenvalue weighted by molar-refractivity contribution is 6.05. The molecule has 2 heteroatoms. The van der Waals surface area contributed by atoms with Crippen molar-refractivity contribution in [2.24, 2.45) is 0 Å².